The number of aliphatic hydroxyl groups is 2. The summed E-state index contributed by atoms with van der Waals surface area (Å²) in [6.45, 7) is 3.25. The Bertz CT molecular complexity index is 806. The van der Waals surface area contributed by atoms with Gasteiger partial charge in [0, 0.05) is 24.3 Å². The van der Waals surface area contributed by atoms with Gasteiger partial charge in [-0.05, 0) is 50.2 Å². The van der Waals surface area contributed by atoms with Crippen LogP contribution >= 0.6 is 11.6 Å². The predicted molar refractivity (Wildman–Crippen MR) is 101 cm³/mol. The fourth-order valence-corrected chi connectivity index (χ4v) is 2.76. The van der Waals surface area contributed by atoms with E-state index in [2.05, 4.69) is 5.32 Å². The highest BCUT2D eigenvalue weighted by Crippen LogP contribution is 2.24. The Labute approximate surface area is 161 Å². The first-order valence-corrected chi connectivity index (χ1v) is 8.72. The van der Waals surface area contributed by atoms with Gasteiger partial charge in [-0.15, -0.1) is 0 Å². The third-order valence-corrected chi connectivity index (χ3v) is 3.99. The highest BCUT2D eigenvalue weighted by atomic mass is 35.5. The van der Waals surface area contributed by atoms with Crippen molar-refractivity contribution in [3.05, 3.63) is 58.6 Å². The Morgan fingerprint density at radius 1 is 1.07 bits per heavy atom. The first-order chi connectivity index (χ1) is 12.7. The van der Waals surface area contributed by atoms with Crippen molar-refractivity contribution in [1.82, 2.24) is 0 Å². The minimum atomic E-state index is -0.762. The Morgan fingerprint density at radius 3 is 2.22 bits per heavy atom. The summed E-state index contributed by atoms with van der Waals surface area (Å²) in [5.74, 6) is -1.73. The highest BCUT2D eigenvalue weighted by Gasteiger charge is 2.18. The molecular weight excluding hydrogens is 378 g/mol. The molecule has 2 aromatic rings. The molecule has 0 bridgehead atoms. The monoisotopic (exact) mass is 398 g/mol. The number of hydrogen-bond acceptors (Lipinski definition) is 4. The van der Waals surface area contributed by atoms with Gasteiger partial charge in [-0.1, -0.05) is 11.6 Å². The number of nitrogens with zero attached hydrogens (tertiary/aromatic N) is 1. The molecule has 0 unspecified atom stereocenters. The van der Waals surface area contributed by atoms with E-state index >= 15 is 0 Å². The normalized spacial score (nSPS) is 13.1. The van der Waals surface area contributed by atoms with Crippen molar-refractivity contribution in [3.8, 4) is 0 Å². The summed E-state index contributed by atoms with van der Waals surface area (Å²) in [5.41, 5.74) is 0.539. The van der Waals surface area contributed by atoms with Gasteiger partial charge in [0.2, 0.25) is 0 Å². The third kappa shape index (κ3) is 5.89. The Hall–Kier alpha value is -2.22. The minimum Gasteiger partial charge on any atom is -0.392 e. The number of rotatable bonds is 7. The number of aliphatic hydroxyl groups excluding tert-OH is 2. The Kier molecular flexibility index (Phi) is 7.12. The minimum absolute atomic E-state index is 0.0838. The van der Waals surface area contributed by atoms with Gasteiger partial charge in [-0.3, -0.25) is 4.79 Å². The van der Waals surface area contributed by atoms with Crippen molar-refractivity contribution in [2.45, 2.75) is 26.1 Å². The van der Waals surface area contributed by atoms with Gasteiger partial charge in [0.05, 0.1) is 22.9 Å². The zero-order valence-corrected chi connectivity index (χ0v) is 15.7. The van der Waals surface area contributed by atoms with Crippen LogP contribution in [0.3, 0.4) is 0 Å². The lowest BCUT2D eigenvalue weighted by Crippen LogP contribution is -2.37. The fraction of sp³-hybridized carbons (Fsp3) is 0.316. The maximum Gasteiger partial charge on any atom is 0.255 e. The molecule has 2 rings (SSSR count). The number of anilines is 2. The van der Waals surface area contributed by atoms with Crippen LogP contribution < -0.4 is 10.2 Å². The molecule has 2 aromatic carbocycles. The molecule has 0 radical (unpaired) electrons. The lowest BCUT2D eigenvalue weighted by molar-refractivity contribution is 0.102. The summed E-state index contributed by atoms with van der Waals surface area (Å²) in [4.78, 5) is 13.9. The molecule has 5 nitrogen and oxygen atoms in total. The van der Waals surface area contributed by atoms with Crippen LogP contribution in [0.5, 0.6) is 0 Å². The lowest BCUT2D eigenvalue weighted by atomic mass is 10.1. The van der Waals surface area contributed by atoms with Crippen LogP contribution in [0.2, 0.25) is 5.02 Å². The zero-order chi connectivity index (χ0) is 20.1. The van der Waals surface area contributed by atoms with Crippen LogP contribution in [-0.4, -0.2) is 41.4 Å². The van der Waals surface area contributed by atoms with E-state index in [0.717, 1.165) is 12.1 Å². The molecule has 1 amide bonds. The molecule has 8 heteroatoms. The van der Waals surface area contributed by atoms with Crippen LogP contribution in [0.25, 0.3) is 0 Å². The molecule has 0 saturated carbocycles. The van der Waals surface area contributed by atoms with Crippen LogP contribution in [0, 0.1) is 11.6 Å². The summed E-state index contributed by atoms with van der Waals surface area (Å²) in [6, 6.07) is 7.53. The molecule has 0 aliphatic carbocycles. The van der Waals surface area contributed by atoms with Crippen LogP contribution in [0.4, 0.5) is 20.2 Å². The number of nitrogens with one attached hydrogen (secondary N) is 1. The molecule has 2 atom stereocenters. The van der Waals surface area contributed by atoms with Crippen LogP contribution in [0.15, 0.2) is 36.4 Å². The summed E-state index contributed by atoms with van der Waals surface area (Å²) >= 11 is 5.70. The molecule has 146 valence electrons. The van der Waals surface area contributed by atoms with Gasteiger partial charge < -0.3 is 20.4 Å². The molecule has 0 fully saturated rings. The molecule has 0 spiro atoms. The number of amides is 1. The van der Waals surface area contributed by atoms with Crippen molar-refractivity contribution in [3.63, 3.8) is 0 Å². The second-order valence-corrected chi connectivity index (χ2v) is 6.76. The summed E-state index contributed by atoms with van der Waals surface area (Å²) in [7, 11) is 0. The van der Waals surface area contributed by atoms with Gasteiger partial charge in [0.1, 0.15) is 11.6 Å². The van der Waals surface area contributed by atoms with Gasteiger partial charge in [0.25, 0.3) is 5.91 Å². The molecule has 3 N–H and O–H groups in total. The van der Waals surface area contributed by atoms with Crippen molar-refractivity contribution < 1.29 is 23.8 Å². The highest BCUT2D eigenvalue weighted by molar-refractivity contribution is 6.31. The Balaban J connectivity index is 2.28. The smallest absolute Gasteiger partial charge is 0.255 e. The zero-order valence-electron chi connectivity index (χ0n) is 14.9. The molecule has 0 aromatic heterocycles. The Morgan fingerprint density at radius 2 is 1.67 bits per heavy atom. The lowest BCUT2D eigenvalue weighted by Gasteiger charge is -2.28. The van der Waals surface area contributed by atoms with E-state index in [4.69, 9.17) is 11.6 Å². The average molecular weight is 399 g/mol. The number of hydrogen-bond donors (Lipinski definition) is 3. The van der Waals surface area contributed by atoms with Crippen molar-refractivity contribution in [1.29, 1.82) is 0 Å². The van der Waals surface area contributed by atoms with Gasteiger partial charge in [-0.25, -0.2) is 8.78 Å². The van der Waals surface area contributed by atoms with Crippen LogP contribution in [0.1, 0.15) is 24.2 Å². The predicted octanol–water partition coefficient (Wildman–Crippen LogP) is 3.44. The quantitative estimate of drug-likeness (QED) is 0.668. The number of halogens is 3. The van der Waals surface area contributed by atoms with E-state index in [1.54, 1.807) is 13.8 Å². The summed E-state index contributed by atoms with van der Waals surface area (Å²) in [5, 5.41) is 21.7. The molecule has 0 aliphatic rings. The number of carbonyl (C=O) groups excluding carboxylic acids is 1. The molecule has 0 aliphatic heterocycles. The average Bonchev–Trinajstić information content (AvgIpc) is 2.57. The topological polar surface area (TPSA) is 72.8 Å². The van der Waals surface area contributed by atoms with E-state index in [9.17, 15) is 23.8 Å². The summed E-state index contributed by atoms with van der Waals surface area (Å²) in [6.07, 6.45) is -1.52. The van der Waals surface area contributed by atoms with E-state index in [0.29, 0.717) is 5.69 Å². The van der Waals surface area contributed by atoms with Crippen molar-refractivity contribution in [2.75, 3.05) is 23.3 Å². The molecule has 0 saturated heterocycles. The summed E-state index contributed by atoms with van der Waals surface area (Å²) < 4.78 is 27.5. The van der Waals surface area contributed by atoms with Gasteiger partial charge in [-0.2, -0.15) is 0 Å². The first kappa shape index (κ1) is 21.1. The maximum atomic E-state index is 14.3. The maximum absolute atomic E-state index is 14.3. The fourth-order valence-electron chi connectivity index (χ4n) is 2.58. The van der Waals surface area contributed by atoms with Crippen LogP contribution in [-0.2, 0) is 0 Å². The standard InChI is InChI=1S/C19H21ClF2N2O3/c1-11(25)9-24(10-12(2)26)18-7-13(3-5-17(18)22)19(27)23-14-4-6-16(21)15(20)8-14/h3-8,11-12,25-26H,9-10H2,1-2H3,(H,23,27)/t11-,12+. The second-order valence-electron chi connectivity index (χ2n) is 6.35. The third-order valence-electron chi connectivity index (χ3n) is 3.70. The van der Waals surface area contributed by atoms with E-state index in [1.807, 2.05) is 0 Å². The van der Waals surface area contributed by atoms with E-state index in [1.165, 1.54) is 29.2 Å². The SMILES string of the molecule is C[C@H](O)CN(C[C@@H](C)O)c1cc(C(=O)Nc2ccc(F)c(Cl)c2)ccc1F. The second kappa shape index (κ2) is 9.12. The molecule has 0 heterocycles. The van der Waals surface area contributed by atoms with E-state index in [-0.39, 0.29) is 29.4 Å². The van der Waals surface area contributed by atoms with Crippen molar-refractivity contribution >= 4 is 28.9 Å². The van der Waals surface area contributed by atoms with Gasteiger partial charge in [0.15, 0.2) is 0 Å². The van der Waals surface area contributed by atoms with Crippen molar-refractivity contribution in [2.24, 2.45) is 0 Å². The van der Waals surface area contributed by atoms with E-state index < -0.39 is 29.7 Å². The number of benzene rings is 2. The largest absolute Gasteiger partial charge is 0.392 e. The number of carbonyl (C=O) groups is 1. The molecular formula is C19H21ClF2N2O3. The first-order valence-electron chi connectivity index (χ1n) is 8.34. The van der Waals surface area contributed by atoms with Gasteiger partial charge >= 0.3 is 0 Å². The molecule has 27 heavy (non-hydrogen) atoms.